The van der Waals surface area contributed by atoms with Crippen molar-refractivity contribution in [2.75, 3.05) is 7.11 Å². The minimum Gasteiger partial charge on any atom is -0.467 e. The molecule has 0 saturated heterocycles. The molecule has 1 N–H and O–H groups in total. The van der Waals surface area contributed by atoms with Gasteiger partial charge in [0.05, 0.1) is 7.11 Å². The van der Waals surface area contributed by atoms with Crippen molar-refractivity contribution in [3.8, 4) is 5.75 Å². The first kappa shape index (κ1) is 21.7. The average molecular weight is 363 g/mol. The Morgan fingerprint density at radius 2 is 1.77 bits per heavy atom. The van der Waals surface area contributed by atoms with Crippen molar-refractivity contribution in [3.63, 3.8) is 0 Å². The predicted octanol–water partition coefficient (Wildman–Crippen LogP) is 2.83. The van der Waals surface area contributed by atoms with Gasteiger partial charge in [-0.1, -0.05) is 20.8 Å². The number of methoxy groups -OCH3 is 1. The lowest BCUT2D eigenvalue weighted by Crippen LogP contribution is -2.42. The molecular formula is C20H29NO5. The van der Waals surface area contributed by atoms with Gasteiger partial charge in [-0.15, -0.1) is 0 Å². The second-order valence-electron chi connectivity index (χ2n) is 6.64. The molecule has 0 saturated carbocycles. The molecule has 1 atom stereocenters. The first-order chi connectivity index (χ1) is 12.1. The Morgan fingerprint density at radius 1 is 1.15 bits per heavy atom. The lowest BCUT2D eigenvalue weighted by atomic mass is 9.85. The maximum Gasteiger partial charge on any atom is 0.328 e. The molecule has 0 aromatic heterocycles. The van der Waals surface area contributed by atoms with E-state index in [0.29, 0.717) is 18.6 Å². The summed E-state index contributed by atoms with van der Waals surface area (Å²) < 4.78 is 10.3. The van der Waals surface area contributed by atoms with Crippen LogP contribution in [-0.4, -0.2) is 31.0 Å². The summed E-state index contributed by atoms with van der Waals surface area (Å²) in [7, 11) is 1.30. The minimum atomic E-state index is -0.763. The van der Waals surface area contributed by atoms with Crippen molar-refractivity contribution in [1.82, 2.24) is 5.32 Å². The number of rotatable bonds is 7. The smallest absolute Gasteiger partial charge is 0.328 e. The number of ether oxygens (including phenoxy) is 2. The minimum absolute atomic E-state index is 0.135. The number of amides is 1. The molecule has 0 aliphatic carbocycles. The van der Waals surface area contributed by atoms with E-state index >= 15 is 0 Å². The third-order valence-corrected chi connectivity index (χ3v) is 4.23. The highest BCUT2D eigenvalue weighted by Gasteiger charge is 2.26. The summed E-state index contributed by atoms with van der Waals surface area (Å²) in [6, 6.07) is 1.06. The molecule has 6 heteroatoms. The molecule has 144 valence electrons. The third kappa shape index (κ3) is 5.31. The molecule has 6 nitrogen and oxygen atoms in total. The van der Waals surface area contributed by atoms with Crippen molar-refractivity contribution in [2.24, 2.45) is 0 Å². The SMILES string of the molecule is CCc1c(C[C@H](NC(C)=O)C(=O)OC)c(C)cc(OC(C)=O)c1C(C)C. The van der Waals surface area contributed by atoms with Crippen LogP contribution in [0.2, 0.25) is 0 Å². The summed E-state index contributed by atoms with van der Waals surface area (Å²) in [6.45, 7) is 10.7. The number of esters is 2. The first-order valence-corrected chi connectivity index (χ1v) is 8.80. The van der Waals surface area contributed by atoms with E-state index in [1.165, 1.54) is 21.0 Å². The third-order valence-electron chi connectivity index (χ3n) is 4.23. The van der Waals surface area contributed by atoms with Crippen molar-refractivity contribution in [2.45, 2.75) is 66.3 Å². The van der Waals surface area contributed by atoms with Crippen LogP contribution in [-0.2, 0) is 32.0 Å². The van der Waals surface area contributed by atoms with E-state index in [1.54, 1.807) is 0 Å². The lowest BCUT2D eigenvalue weighted by Gasteiger charge is -2.24. The Balaban J connectivity index is 3.50. The molecule has 1 amide bonds. The molecule has 0 aliphatic heterocycles. The molecule has 0 fully saturated rings. The van der Waals surface area contributed by atoms with Crippen molar-refractivity contribution >= 4 is 17.8 Å². The summed E-state index contributed by atoms with van der Waals surface area (Å²) >= 11 is 0. The molecule has 1 aromatic carbocycles. The second-order valence-corrected chi connectivity index (χ2v) is 6.64. The highest BCUT2D eigenvalue weighted by molar-refractivity contribution is 5.83. The number of hydrogen-bond donors (Lipinski definition) is 1. The Labute approximate surface area is 155 Å². The van der Waals surface area contributed by atoms with Gasteiger partial charge in [0, 0.05) is 25.8 Å². The molecule has 0 aliphatic rings. The van der Waals surface area contributed by atoms with Gasteiger partial charge < -0.3 is 14.8 Å². The fourth-order valence-electron chi connectivity index (χ4n) is 3.26. The van der Waals surface area contributed by atoms with Crippen LogP contribution in [0.15, 0.2) is 6.07 Å². The van der Waals surface area contributed by atoms with Gasteiger partial charge in [0.25, 0.3) is 0 Å². The Kier molecular flexibility index (Phi) is 7.80. The van der Waals surface area contributed by atoms with Gasteiger partial charge in [0.1, 0.15) is 11.8 Å². The Morgan fingerprint density at radius 3 is 2.19 bits per heavy atom. The molecule has 0 heterocycles. The van der Waals surface area contributed by atoms with Gasteiger partial charge in [0.15, 0.2) is 0 Å². The Hall–Kier alpha value is -2.37. The zero-order valence-corrected chi connectivity index (χ0v) is 16.7. The molecular weight excluding hydrogens is 334 g/mol. The molecule has 1 aromatic rings. The van der Waals surface area contributed by atoms with Crippen molar-refractivity contribution in [3.05, 3.63) is 28.3 Å². The van der Waals surface area contributed by atoms with E-state index in [4.69, 9.17) is 9.47 Å². The van der Waals surface area contributed by atoms with E-state index in [1.807, 2.05) is 33.8 Å². The van der Waals surface area contributed by atoms with Crippen LogP contribution in [0.5, 0.6) is 5.75 Å². The molecule has 0 spiro atoms. The van der Waals surface area contributed by atoms with Crippen molar-refractivity contribution < 1.29 is 23.9 Å². The number of nitrogens with one attached hydrogen (secondary N) is 1. The lowest BCUT2D eigenvalue weighted by molar-refractivity contribution is -0.144. The summed E-state index contributed by atoms with van der Waals surface area (Å²) in [5.41, 5.74) is 3.86. The number of carbonyl (C=O) groups is 3. The van der Waals surface area contributed by atoms with Crippen LogP contribution in [0.3, 0.4) is 0 Å². The molecule has 0 bridgehead atoms. The Bertz CT molecular complexity index is 694. The van der Waals surface area contributed by atoms with Gasteiger partial charge in [-0.3, -0.25) is 9.59 Å². The van der Waals surface area contributed by atoms with Crippen LogP contribution >= 0.6 is 0 Å². The van der Waals surface area contributed by atoms with Gasteiger partial charge in [-0.25, -0.2) is 4.79 Å². The van der Waals surface area contributed by atoms with E-state index in [9.17, 15) is 14.4 Å². The summed E-state index contributed by atoms with van der Waals surface area (Å²) in [6.07, 6.45) is 1.04. The maximum absolute atomic E-state index is 12.1. The fourth-order valence-corrected chi connectivity index (χ4v) is 3.26. The van der Waals surface area contributed by atoms with Gasteiger partial charge in [0.2, 0.25) is 5.91 Å². The summed E-state index contributed by atoms with van der Waals surface area (Å²) in [4.78, 5) is 35.0. The fraction of sp³-hybridized carbons (Fsp3) is 0.550. The highest BCUT2D eigenvalue weighted by atomic mass is 16.5. The number of carbonyl (C=O) groups excluding carboxylic acids is 3. The van der Waals surface area contributed by atoms with Crippen LogP contribution in [0.4, 0.5) is 0 Å². The van der Waals surface area contributed by atoms with Crippen LogP contribution in [0, 0.1) is 6.92 Å². The molecule has 0 radical (unpaired) electrons. The second kappa shape index (κ2) is 9.36. The number of aryl methyl sites for hydroxylation is 1. The van der Waals surface area contributed by atoms with Gasteiger partial charge >= 0.3 is 11.9 Å². The van der Waals surface area contributed by atoms with Crippen LogP contribution in [0.1, 0.15) is 62.8 Å². The van der Waals surface area contributed by atoms with Gasteiger partial charge in [-0.2, -0.15) is 0 Å². The van der Waals surface area contributed by atoms with Gasteiger partial charge in [-0.05, 0) is 42.0 Å². The molecule has 1 rings (SSSR count). The monoisotopic (exact) mass is 363 g/mol. The van der Waals surface area contributed by atoms with E-state index in [-0.39, 0.29) is 17.8 Å². The summed E-state index contributed by atoms with van der Waals surface area (Å²) in [5, 5.41) is 2.65. The number of benzene rings is 1. The maximum atomic E-state index is 12.1. The molecule has 0 unspecified atom stereocenters. The van der Waals surface area contributed by atoms with Crippen molar-refractivity contribution in [1.29, 1.82) is 0 Å². The van der Waals surface area contributed by atoms with E-state index in [2.05, 4.69) is 5.32 Å². The topological polar surface area (TPSA) is 81.7 Å². The first-order valence-electron chi connectivity index (χ1n) is 8.80. The predicted molar refractivity (Wildman–Crippen MR) is 99.3 cm³/mol. The van der Waals surface area contributed by atoms with Crippen LogP contribution < -0.4 is 10.1 Å². The quantitative estimate of drug-likeness (QED) is 0.595. The normalized spacial score (nSPS) is 11.8. The van der Waals surface area contributed by atoms with E-state index < -0.39 is 12.0 Å². The summed E-state index contributed by atoms with van der Waals surface area (Å²) in [5.74, 6) is -0.462. The average Bonchev–Trinajstić information content (AvgIpc) is 2.53. The van der Waals surface area contributed by atoms with E-state index in [0.717, 1.165) is 22.3 Å². The standard InChI is InChI=1S/C20H29NO5/c1-8-15-16(10-17(20(24)25-7)21-13(5)22)12(4)9-18(26-14(6)23)19(15)11(2)3/h9,11,17H,8,10H2,1-7H3,(H,21,22)/t17-/m0/s1. The highest BCUT2D eigenvalue weighted by Crippen LogP contribution is 2.35. The number of hydrogen-bond acceptors (Lipinski definition) is 5. The van der Waals surface area contributed by atoms with Crippen LogP contribution in [0.25, 0.3) is 0 Å². The zero-order chi connectivity index (χ0) is 20.0. The zero-order valence-electron chi connectivity index (χ0n) is 16.7. The molecule has 26 heavy (non-hydrogen) atoms. The largest absolute Gasteiger partial charge is 0.467 e.